The molecule has 90 valence electrons. The molecule has 0 aliphatic heterocycles. The van der Waals surface area contributed by atoms with E-state index in [0.29, 0.717) is 5.69 Å². The first kappa shape index (κ1) is 12.1. The summed E-state index contributed by atoms with van der Waals surface area (Å²) in [5.41, 5.74) is 7.00. The van der Waals surface area contributed by atoms with Crippen LogP contribution in [0.1, 0.15) is 23.7 Å². The normalized spacial score (nSPS) is 11.8. The molecular formula is C12H14FN3S. The molecule has 0 aromatic carbocycles. The summed E-state index contributed by atoms with van der Waals surface area (Å²) in [5, 5.41) is 0.858. The fourth-order valence-corrected chi connectivity index (χ4v) is 2.36. The summed E-state index contributed by atoms with van der Waals surface area (Å²) >= 11 is 1.55. The SMILES string of the molecule is Cc1sc(C(C)(C)N)nc1-c1ccc(F)cn1. The molecule has 0 spiro atoms. The molecule has 5 heteroatoms. The molecule has 2 aromatic heterocycles. The number of hydrogen-bond acceptors (Lipinski definition) is 4. The zero-order chi connectivity index (χ0) is 12.6. The Bertz CT molecular complexity index is 526. The van der Waals surface area contributed by atoms with Gasteiger partial charge < -0.3 is 5.73 Å². The fourth-order valence-electron chi connectivity index (χ4n) is 1.43. The van der Waals surface area contributed by atoms with Crippen molar-refractivity contribution in [3.8, 4) is 11.4 Å². The van der Waals surface area contributed by atoms with Crippen LogP contribution in [0.4, 0.5) is 4.39 Å². The lowest BCUT2D eigenvalue weighted by atomic mass is 10.1. The number of nitrogens with two attached hydrogens (primary N) is 1. The molecular weight excluding hydrogens is 237 g/mol. The van der Waals surface area contributed by atoms with Gasteiger partial charge in [-0.3, -0.25) is 4.98 Å². The van der Waals surface area contributed by atoms with E-state index in [1.54, 1.807) is 17.4 Å². The first-order valence-corrected chi connectivity index (χ1v) is 6.08. The average Bonchev–Trinajstić information content (AvgIpc) is 2.61. The number of rotatable bonds is 2. The zero-order valence-corrected chi connectivity index (χ0v) is 10.8. The third-order valence-electron chi connectivity index (χ3n) is 2.32. The molecule has 2 heterocycles. The molecule has 0 bridgehead atoms. The lowest BCUT2D eigenvalue weighted by Crippen LogP contribution is -2.28. The van der Waals surface area contributed by atoms with Crippen LogP contribution in [0.25, 0.3) is 11.4 Å². The highest BCUT2D eigenvalue weighted by Gasteiger charge is 2.21. The van der Waals surface area contributed by atoms with Crippen molar-refractivity contribution in [2.75, 3.05) is 0 Å². The predicted octanol–water partition coefficient (Wildman–Crippen LogP) is 2.85. The topological polar surface area (TPSA) is 51.8 Å². The Morgan fingerprint density at radius 3 is 2.53 bits per heavy atom. The number of nitrogens with zero attached hydrogens (tertiary/aromatic N) is 2. The summed E-state index contributed by atoms with van der Waals surface area (Å²) in [5.74, 6) is -0.346. The second kappa shape index (κ2) is 4.16. The summed E-state index contributed by atoms with van der Waals surface area (Å²) in [4.78, 5) is 9.56. The molecule has 0 aliphatic carbocycles. The van der Waals surface area contributed by atoms with Crippen LogP contribution in [0.15, 0.2) is 18.3 Å². The number of aromatic nitrogens is 2. The van der Waals surface area contributed by atoms with Gasteiger partial charge >= 0.3 is 0 Å². The van der Waals surface area contributed by atoms with Gasteiger partial charge in [-0.2, -0.15) is 0 Å². The zero-order valence-electron chi connectivity index (χ0n) is 9.99. The van der Waals surface area contributed by atoms with E-state index in [4.69, 9.17) is 5.73 Å². The van der Waals surface area contributed by atoms with Gasteiger partial charge in [0.2, 0.25) is 0 Å². The van der Waals surface area contributed by atoms with Crippen LogP contribution >= 0.6 is 11.3 Å². The first-order valence-electron chi connectivity index (χ1n) is 5.26. The van der Waals surface area contributed by atoms with Gasteiger partial charge in [-0.1, -0.05) is 0 Å². The summed E-state index contributed by atoms with van der Waals surface area (Å²) in [7, 11) is 0. The smallest absolute Gasteiger partial charge is 0.141 e. The van der Waals surface area contributed by atoms with E-state index in [1.165, 1.54) is 12.3 Å². The average molecular weight is 251 g/mol. The van der Waals surface area contributed by atoms with E-state index in [9.17, 15) is 4.39 Å². The van der Waals surface area contributed by atoms with Crippen molar-refractivity contribution in [1.82, 2.24) is 9.97 Å². The van der Waals surface area contributed by atoms with Gasteiger partial charge in [-0.15, -0.1) is 11.3 Å². The van der Waals surface area contributed by atoms with Crippen LogP contribution < -0.4 is 5.73 Å². The van der Waals surface area contributed by atoms with Crippen molar-refractivity contribution < 1.29 is 4.39 Å². The molecule has 3 nitrogen and oxygen atoms in total. The lowest BCUT2D eigenvalue weighted by Gasteiger charge is -2.13. The Hall–Kier alpha value is -1.33. The third-order valence-corrected chi connectivity index (χ3v) is 3.63. The molecule has 0 saturated heterocycles. The number of pyridine rings is 1. The maximum absolute atomic E-state index is 12.8. The Morgan fingerprint density at radius 2 is 2.06 bits per heavy atom. The Labute approximate surface area is 104 Å². The number of thiazole rings is 1. The van der Waals surface area contributed by atoms with Crippen molar-refractivity contribution in [3.63, 3.8) is 0 Å². The quantitative estimate of drug-likeness (QED) is 0.893. The fraction of sp³-hybridized carbons (Fsp3) is 0.333. The lowest BCUT2D eigenvalue weighted by molar-refractivity contribution is 0.550. The molecule has 0 unspecified atom stereocenters. The Kier molecular flexibility index (Phi) is 2.97. The van der Waals surface area contributed by atoms with Crippen molar-refractivity contribution in [2.45, 2.75) is 26.3 Å². The molecule has 2 rings (SSSR count). The van der Waals surface area contributed by atoms with Crippen LogP contribution in [0.2, 0.25) is 0 Å². The summed E-state index contributed by atoms with van der Waals surface area (Å²) in [6.07, 6.45) is 1.20. The second-order valence-corrected chi connectivity index (χ2v) is 5.71. The predicted molar refractivity (Wildman–Crippen MR) is 67.3 cm³/mol. The minimum Gasteiger partial charge on any atom is -0.320 e. The third kappa shape index (κ3) is 2.50. The molecule has 0 amide bonds. The van der Waals surface area contributed by atoms with Gasteiger partial charge in [-0.25, -0.2) is 9.37 Å². The summed E-state index contributed by atoms with van der Waals surface area (Å²) in [6.45, 7) is 5.79. The van der Waals surface area contributed by atoms with Crippen molar-refractivity contribution in [2.24, 2.45) is 5.73 Å². The van der Waals surface area contributed by atoms with E-state index < -0.39 is 5.54 Å². The number of hydrogen-bond donors (Lipinski definition) is 1. The highest BCUT2D eigenvalue weighted by molar-refractivity contribution is 7.12. The van der Waals surface area contributed by atoms with Gasteiger partial charge in [0.15, 0.2) is 0 Å². The van der Waals surface area contributed by atoms with E-state index in [2.05, 4.69) is 9.97 Å². The van der Waals surface area contributed by atoms with Crippen molar-refractivity contribution in [1.29, 1.82) is 0 Å². The van der Waals surface area contributed by atoms with Crippen LogP contribution in [0, 0.1) is 12.7 Å². The van der Waals surface area contributed by atoms with E-state index in [0.717, 1.165) is 15.6 Å². The van der Waals surface area contributed by atoms with Crippen LogP contribution in [0.5, 0.6) is 0 Å². The Morgan fingerprint density at radius 1 is 1.35 bits per heavy atom. The molecule has 0 atom stereocenters. The summed E-state index contributed by atoms with van der Waals surface area (Å²) in [6, 6.07) is 3.01. The van der Waals surface area contributed by atoms with Crippen molar-refractivity contribution in [3.05, 3.63) is 34.0 Å². The van der Waals surface area contributed by atoms with Gasteiger partial charge in [0, 0.05) is 4.88 Å². The monoisotopic (exact) mass is 251 g/mol. The van der Waals surface area contributed by atoms with E-state index >= 15 is 0 Å². The molecule has 0 aliphatic rings. The minimum absolute atomic E-state index is 0.346. The second-order valence-electron chi connectivity index (χ2n) is 4.51. The molecule has 0 saturated carbocycles. The maximum atomic E-state index is 12.8. The number of halogens is 1. The number of aryl methyl sites for hydroxylation is 1. The molecule has 0 fully saturated rings. The van der Waals surface area contributed by atoms with Gasteiger partial charge in [-0.05, 0) is 32.9 Å². The molecule has 0 radical (unpaired) electrons. The Balaban J connectivity index is 2.46. The van der Waals surface area contributed by atoms with Crippen LogP contribution in [-0.2, 0) is 5.54 Å². The first-order chi connectivity index (χ1) is 7.88. The molecule has 17 heavy (non-hydrogen) atoms. The van der Waals surface area contributed by atoms with Gasteiger partial charge in [0.05, 0.1) is 17.4 Å². The largest absolute Gasteiger partial charge is 0.320 e. The van der Waals surface area contributed by atoms with Gasteiger partial charge in [0.1, 0.15) is 16.5 Å². The molecule has 2 aromatic rings. The highest BCUT2D eigenvalue weighted by atomic mass is 32.1. The highest BCUT2D eigenvalue weighted by Crippen LogP contribution is 2.30. The van der Waals surface area contributed by atoms with Gasteiger partial charge in [0.25, 0.3) is 0 Å². The van der Waals surface area contributed by atoms with Crippen LogP contribution in [0.3, 0.4) is 0 Å². The van der Waals surface area contributed by atoms with Crippen molar-refractivity contribution >= 4 is 11.3 Å². The van der Waals surface area contributed by atoms with E-state index in [1.807, 2.05) is 20.8 Å². The van der Waals surface area contributed by atoms with Crippen LogP contribution in [-0.4, -0.2) is 9.97 Å². The van der Waals surface area contributed by atoms with E-state index in [-0.39, 0.29) is 5.82 Å². The molecule has 2 N–H and O–H groups in total. The minimum atomic E-state index is -0.465. The standard InChI is InChI=1S/C12H14FN3S/c1-7-10(9-5-4-8(13)6-15-9)16-11(17-7)12(2,3)14/h4-6H,14H2,1-3H3. The maximum Gasteiger partial charge on any atom is 0.141 e. The summed E-state index contributed by atoms with van der Waals surface area (Å²) < 4.78 is 12.8.